The second-order valence-corrected chi connectivity index (χ2v) is 26.5. The first kappa shape index (κ1) is 69.1. The van der Waals surface area contributed by atoms with E-state index in [1.165, 1.54) is 12.2 Å². The molecule has 8 aliphatic rings. The zero-order valence-electron chi connectivity index (χ0n) is 57.7. The van der Waals surface area contributed by atoms with E-state index in [1.54, 1.807) is 0 Å². The molecule has 10 aromatic rings. The number of allylic oxidation sites excluding steroid dienone is 10. The van der Waals surface area contributed by atoms with Crippen molar-refractivity contribution in [2.75, 3.05) is 0 Å². The Hall–Kier alpha value is -14.3. The van der Waals surface area contributed by atoms with Gasteiger partial charge in [0, 0.05) is 116 Å². The van der Waals surface area contributed by atoms with Crippen LogP contribution in [0.5, 0.6) is 0 Å². The first-order chi connectivity index (χ1) is 52.8. The van der Waals surface area contributed by atoms with Crippen molar-refractivity contribution in [1.82, 2.24) is 20.6 Å². The number of benzene rings is 8. The van der Waals surface area contributed by atoms with Gasteiger partial charge in [-0.15, -0.1) is 0 Å². The molecular formula is C90H62CuN10O8. The molecule has 6 N–H and O–H groups in total. The smallest absolute Gasteiger partial charge is 0.389 e. The average molecular weight is 1480 g/mol. The molecule has 10 heterocycles. The second kappa shape index (κ2) is 28.7. The van der Waals surface area contributed by atoms with Crippen molar-refractivity contribution in [1.29, 1.82) is 0 Å². The zero-order chi connectivity index (χ0) is 73.6. The predicted molar refractivity (Wildman–Crippen MR) is 420 cm³/mol. The zero-order valence-corrected chi connectivity index (χ0v) is 58.6. The number of fused-ring (bicyclic) bond motifs is 12. The molecule has 1 radical (unpaired) electrons. The Morgan fingerprint density at radius 1 is 0.312 bits per heavy atom. The monoisotopic (exact) mass is 1470 g/mol. The maximum atomic E-state index is 13.5. The molecule has 0 amide bonds. The predicted octanol–water partition coefficient (Wildman–Crippen LogP) is 12.5. The van der Waals surface area contributed by atoms with E-state index in [0.717, 1.165) is 65.9 Å². The van der Waals surface area contributed by atoms with Crippen LogP contribution in [-0.4, -0.2) is 88.0 Å². The molecule has 0 aliphatic carbocycles. The Bertz CT molecular complexity index is 5800. The van der Waals surface area contributed by atoms with Crippen LogP contribution in [0.2, 0.25) is 0 Å². The maximum Gasteiger partial charge on any atom is 0.389 e. The summed E-state index contributed by atoms with van der Waals surface area (Å²) in [7, 11) is 0. The van der Waals surface area contributed by atoms with E-state index in [4.69, 9.17) is 20.0 Å². The van der Waals surface area contributed by atoms with Gasteiger partial charge in [-0.05, 0) is 117 Å². The van der Waals surface area contributed by atoms with Crippen molar-refractivity contribution in [3.05, 3.63) is 448 Å². The van der Waals surface area contributed by atoms with E-state index in [2.05, 4.69) is 20.6 Å². The van der Waals surface area contributed by atoms with Crippen LogP contribution in [0.1, 0.15) is 44.5 Å². The molecule has 19 heteroatoms. The van der Waals surface area contributed by atoms with Gasteiger partial charge in [-0.2, -0.15) is 0 Å². The molecule has 531 valence electrons. The van der Waals surface area contributed by atoms with Gasteiger partial charge in [-0.1, -0.05) is 243 Å². The van der Waals surface area contributed by atoms with Crippen LogP contribution < -0.4 is 32.0 Å². The maximum absolute atomic E-state index is 13.5. The number of aromatic amines is 2. The van der Waals surface area contributed by atoms with Crippen LogP contribution in [0, 0.1) is 20.2 Å². The Balaban J connectivity index is 0.000000164. The van der Waals surface area contributed by atoms with Crippen molar-refractivity contribution < 1.29 is 46.7 Å². The first-order valence-electron chi connectivity index (χ1n) is 35.0. The summed E-state index contributed by atoms with van der Waals surface area (Å²) < 4.78 is 0. The normalized spacial score (nSPS) is 24.6. The molecule has 8 aliphatic heterocycles. The number of nitrogens with zero attached hydrogens (tertiary/aromatic N) is 6. The average Bonchev–Trinajstić information content (AvgIpc) is 1.56. The minimum atomic E-state index is -2.61. The number of carboxylic acid groups (broad SMARTS) is 2. The fourth-order valence-corrected chi connectivity index (χ4v) is 15.3. The third-order valence-corrected chi connectivity index (χ3v) is 20.3. The van der Waals surface area contributed by atoms with Crippen LogP contribution in [0.25, 0.3) is 44.6 Å². The summed E-state index contributed by atoms with van der Waals surface area (Å²) in [5, 5.41) is 58.6. The molecule has 0 spiro atoms. The second-order valence-electron chi connectivity index (χ2n) is 26.5. The van der Waals surface area contributed by atoms with E-state index < -0.39 is 44.9 Å². The molecule has 4 atom stereocenters. The fraction of sp³-hybridized carbons (Fsp3) is 0.0444. The number of aliphatic carboxylic acids is 2. The number of nitro groups is 2. The van der Waals surface area contributed by atoms with Gasteiger partial charge < -0.3 is 30.8 Å². The van der Waals surface area contributed by atoms with Crippen molar-refractivity contribution in [2.45, 2.75) is 23.2 Å². The van der Waals surface area contributed by atoms with E-state index in [9.17, 15) is 40.0 Å². The standard InChI is InChI=1S/2C45H31N5O4.Cu/c2*51-44(52)45(50(53)54)27-38-41(30-17-9-3-10-18-30)36-24-23-34(47-36)39(28-13-5-1-6-14-28)32-21-22-33(46-32)40(29-15-7-2-8-16-29)35-25-26-37(48-35)42(43(45)49-38)31-19-11-4-12-20-31;/h2*1-27,43,46,49H,(H,51,52);/b2*39-32-,40-33-,41-36-,42-37-;. The fourth-order valence-electron chi connectivity index (χ4n) is 15.3. The van der Waals surface area contributed by atoms with Gasteiger partial charge in [0.15, 0.2) is 0 Å². The Kier molecular flexibility index (Phi) is 18.2. The third-order valence-electron chi connectivity index (χ3n) is 20.3. The summed E-state index contributed by atoms with van der Waals surface area (Å²) >= 11 is 0. The third kappa shape index (κ3) is 12.3. The first-order valence-corrected chi connectivity index (χ1v) is 35.0. The molecule has 8 aromatic carbocycles. The number of aromatic nitrogens is 2. The molecule has 18 nitrogen and oxygen atoms in total. The molecule has 4 unspecified atom stereocenters. The van der Waals surface area contributed by atoms with Gasteiger partial charge in [0.25, 0.3) is 0 Å². The van der Waals surface area contributed by atoms with Crippen LogP contribution in [0.15, 0.2) is 382 Å². The number of aliphatic imine (C=N–C) groups is 4. The summed E-state index contributed by atoms with van der Waals surface area (Å²) in [6.07, 6.45) is 17.5. The van der Waals surface area contributed by atoms with Crippen LogP contribution in [-0.2, 0) is 26.7 Å². The van der Waals surface area contributed by atoms with Gasteiger partial charge >= 0.3 is 23.0 Å². The molecule has 109 heavy (non-hydrogen) atoms. The number of hydrogen-bond donors (Lipinski definition) is 6. The van der Waals surface area contributed by atoms with Crippen molar-refractivity contribution in [3.8, 4) is 0 Å². The van der Waals surface area contributed by atoms with Gasteiger partial charge in [-0.25, -0.2) is 29.6 Å². The topological polar surface area (TPSA) is 266 Å². The van der Waals surface area contributed by atoms with Gasteiger partial charge in [0.05, 0.1) is 45.6 Å². The molecule has 0 saturated heterocycles. The number of hydrogen-bond acceptors (Lipinski definition) is 12. The molecule has 0 fully saturated rings. The van der Waals surface area contributed by atoms with E-state index in [1.807, 2.05) is 316 Å². The number of rotatable bonds is 12. The largest absolute Gasteiger partial charge is 0.476 e. The van der Waals surface area contributed by atoms with Gasteiger partial charge in [0.2, 0.25) is 0 Å². The Morgan fingerprint density at radius 2 is 0.532 bits per heavy atom. The van der Waals surface area contributed by atoms with Gasteiger partial charge in [0.1, 0.15) is 12.1 Å². The molecule has 0 saturated carbocycles. The molecule has 18 rings (SSSR count). The van der Waals surface area contributed by atoms with E-state index in [-0.39, 0.29) is 28.5 Å². The summed E-state index contributed by atoms with van der Waals surface area (Å²) in [6, 6.07) is 82.2. The minimum absolute atomic E-state index is 0. The summed E-state index contributed by atoms with van der Waals surface area (Å²) in [6.45, 7) is 0. The van der Waals surface area contributed by atoms with E-state index >= 15 is 0 Å². The molecular weight excluding hydrogens is 1410 g/mol. The Morgan fingerprint density at radius 3 is 0.771 bits per heavy atom. The number of carbonyl (C=O) groups is 2. The minimum Gasteiger partial charge on any atom is -0.476 e. The van der Waals surface area contributed by atoms with Crippen molar-refractivity contribution in [2.24, 2.45) is 20.0 Å². The van der Waals surface area contributed by atoms with Crippen molar-refractivity contribution >= 4 is 79.4 Å². The van der Waals surface area contributed by atoms with Gasteiger partial charge in [-0.3, -0.25) is 20.2 Å². The molecule has 2 aromatic heterocycles. The van der Waals surface area contributed by atoms with Crippen LogP contribution >= 0.6 is 0 Å². The summed E-state index contributed by atoms with van der Waals surface area (Å²) in [5.74, 6) is -3.20. The number of nitrogens with one attached hydrogen (secondary N) is 4. The Labute approximate surface area is 634 Å². The van der Waals surface area contributed by atoms with Crippen LogP contribution in [0.4, 0.5) is 0 Å². The van der Waals surface area contributed by atoms with E-state index in [0.29, 0.717) is 90.2 Å². The summed E-state index contributed by atoms with van der Waals surface area (Å²) in [4.78, 5) is 80.2. The van der Waals surface area contributed by atoms with Crippen molar-refractivity contribution in [3.63, 3.8) is 0 Å². The molecule has 16 bridgehead atoms. The SMILES string of the molecule is O=C(O)C1([N+](=O)[O-])C=C2NC1/C(c1ccccc1)=C1/C=CC(=N1)/C(c1ccccc1)=c1/cc/c([nH]1)=C(\c1ccccc1)C1=N/C(=C\2c2ccccc2)C=C1.O=C(O)C1([N+](=O)[O-])C=C2NC1/C(c1ccccc1)=C1/C=CC(=N1)/C(c1ccccc1)=c1/cc/c([nH]1)=C(\c1ccccc1)C1=N/C(=C\2c2ccccc2)C=C1.[Cu]. The van der Waals surface area contributed by atoms with Crippen LogP contribution in [0.3, 0.4) is 0 Å². The summed E-state index contributed by atoms with van der Waals surface area (Å²) in [5.41, 5.74) is 11.3. The number of carboxylic acids is 2. The quantitative estimate of drug-likeness (QED) is 0.0383. The number of H-pyrrole nitrogens is 2.